The van der Waals surface area contributed by atoms with Gasteiger partial charge in [0.2, 0.25) is 0 Å². The predicted octanol–water partition coefficient (Wildman–Crippen LogP) is 5.27. The molecule has 5 rings (SSSR count). The van der Waals surface area contributed by atoms with Crippen molar-refractivity contribution < 1.29 is 9.26 Å². The summed E-state index contributed by atoms with van der Waals surface area (Å²) in [6.07, 6.45) is 3.84. The van der Waals surface area contributed by atoms with Gasteiger partial charge in [-0.25, -0.2) is 0 Å². The van der Waals surface area contributed by atoms with Gasteiger partial charge in [-0.1, -0.05) is 65.8 Å². The van der Waals surface area contributed by atoms with Crippen LogP contribution in [0.1, 0.15) is 36.4 Å². The summed E-state index contributed by atoms with van der Waals surface area (Å²) in [6.45, 7) is 3.85. The first-order valence-corrected chi connectivity index (χ1v) is 12.7. The second-order valence-corrected chi connectivity index (χ2v) is 9.42. The molecule has 2 aromatic heterocycles. The summed E-state index contributed by atoms with van der Waals surface area (Å²) in [7, 11) is 1.66. The van der Waals surface area contributed by atoms with Crippen LogP contribution in [0.3, 0.4) is 0 Å². The molecule has 0 N–H and O–H groups in total. The van der Waals surface area contributed by atoms with Crippen molar-refractivity contribution in [3.05, 3.63) is 77.8 Å². The topological polar surface area (TPSA) is 69.2 Å². The van der Waals surface area contributed by atoms with Gasteiger partial charge in [0.1, 0.15) is 23.0 Å². The van der Waals surface area contributed by atoms with Gasteiger partial charge in [-0.05, 0) is 43.6 Å². The highest BCUT2D eigenvalue weighted by Crippen LogP contribution is 2.31. The molecule has 8 heteroatoms. The predicted molar refractivity (Wildman–Crippen MR) is 133 cm³/mol. The summed E-state index contributed by atoms with van der Waals surface area (Å²) in [4.78, 5) is 2.49. The van der Waals surface area contributed by atoms with Crippen LogP contribution in [0, 0.1) is 0 Å². The maximum Gasteiger partial charge on any atom is 0.192 e. The molecule has 0 aliphatic carbocycles. The van der Waals surface area contributed by atoms with Crippen LogP contribution in [0.2, 0.25) is 0 Å². The Bertz CT molecular complexity index is 1200. The number of benzene rings is 2. The van der Waals surface area contributed by atoms with Crippen molar-refractivity contribution in [3.8, 4) is 17.0 Å². The fourth-order valence-electron chi connectivity index (χ4n) is 4.28. The van der Waals surface area contributed by atoms with Crippen LogP contribution in [0.15, 0.2) is 70.3 Å². The smallest absolute Gasteiger partial charge is 0.192 e. The van der Waals surface area contributed by atoms with E-state index < -0.39 is 0 Å². The lowest BCUT2D eigenvalue weighted by Gasteiger charge is -2.26. The first-order chi connectivity index (χ1) is 16.8. The Kier molecular flexibility index (Phi) is 7.26. The van der Waals surface area contributed by atoms with E-state index in [4.69, 9.17) is 9.26 Å². The molecule has 0 radical (unpaired) electrons. The first-order valence-electron chi connectivity index (χ1n) is 11.7. The molecule has 0 atom stereocenters. The summed E-state index contributed by atoms with van der Waals surface area (Å²) in [5, 5.41) is 14.3. The first kappa shape index (κ1) is 22.7. The fraction of sp³-hybridized carbons (Fsp3) is 0.346. The molecule has 176 valence electrons. The van der Waals surface area contributed by atoms with Crippen LogP contribution in [0.25, 0.3) is 11.3 Å². The molecular formula is C26H29N5O2S. The van der Waals surface area contributed by atoms with Crippen LogP contribution < -0.4 is 4.74 Å². The standard InChI is InChI=1S/C26H29N5O2S/c1-32-24-13-7-6-12-22(24)23-16-21(33-29-23)19-34-26-28-27-25(18-30-14-8-3-9-15-30)31(26)17-20-10-4-2-5-11-20/h2,4-7,10-13,16H,3,8-9,14-15,17-19H2,1H3. The largest absolute Gasteiger partial charge is 0.496 e. The van der Waals surface area contributed by atoms with E-state index in [2.05, 4.69) is 49.1 Å². The van der Waals surface area contributed by atoms with Crippen molar-refractivity contribution >= 4 is 11.8 Å². The molecular weight excluding hydrogens is 446 g/mol. The van der Waals surface area contributed by atoms with E-state index >= 15 is 0 Å². The maximum absolute atomic E-state index is 5.63. The molecule has 1 aliphatic rings. The number of rotatable bonds is 9. The van der Waals surface area contributed by atoms with Gasteiger partial charge >= 0.3 is 0 Å². The molecule has 4 aromatic rings. The molecule has 0 unspecified atom stereocenters. The third-order valence-electron chi connectivity index (χ3n) is 6.08. The lowest BCUT2D eigenvalue weighted by atomic mass is 10.1. The van der Waals surface area contributed by atoms with E-state index in [0.29, 0.717) is 5.75 Å². The molecule has 3 heterocycles. The van der Waals surface area contributed by atoms with Crippen LogP contribution in [0.5, 0.6) is 5.75 Å². The third-order valence-corrected chi connectivity index (χ3v) is 7.07. The van der Waals surface area contributed by atoms with Gasteiger partial charge in [-0.2, -0.15) is 0 Å². The lowest BCUT2D eigenvalue weighted by molar-refractivity contribution is 0.213. The molecule has 2 aromatic carbocycles. The van der Waals surface area contributed by atoms with Gasteiger partial charge in [-0.3, -0.25) is 4.90 Å². The highest BCUT2D eigenvalue weighted by molar-refractivity contribution is 7.98. The zero-order valence-corrected chi connectivity index (χ0v) is 20.2. The van der Waals surface area contributed by atoms with Crippen molar-refractivity contribution in [1.29, 1.82) is 0 Å². The number of nitrogens with zero attached hydrogens (tertiary/aromatic N) is 5. The van der Waals surface area contributed by atoms with Gasteiger partial charge in [0.05, 0.1) is 26.0 Å². The normalized spacial score (nSPS) is 14.4. The highest BCUT2D eigenvalue weighted by Gasteiger charge is 2.19. The Labute approximate surface area is 204 Å². The van der Waals surface area contributed by atoms with Crippen molar-refractivity contribution in [2.45, 2.75) is 43.3 Å². The van der Waals surface area contributed by atoms with Crippen molar-refractivity contribution in [3.63, 3.8) is 0 Å². The van der Waals surface area contributed by atoms with E-state index in [0.717, 1.165) is 59.9 Å². The third kappa shape index (κ3) is 5.34. The number of para-hydroxylation sites is 1. The monoisotopic (exact) mass is 475 g/mol. The highest BCUT2D eigenvalue weighted by atomic mass is 32.2. The summed E-state index contributed by atoms with van der Waals surface area (Å²) in [5.41, 5.74) is 2.92. The Morgan fingerprint density at radius 2 is 1.74 bits per heavy atom. The lowest BCUT2D eigenvalue weighted by Crippen LogP contribution is -2.30. The van der Waals surface area contributed by atoms with E-state index in [9.17, 15) is 0 Å². The molecule has 1 saturated heterocycles. The van der Waals surface area contributed by atoms with Gasteiger partial charge in [0, 0.05) is 11.6 Å². The summed E-state index contributed by atoms with van der Waals surface area (Å²) >= 11 is 1.63. The van der Waals surface area contributed by atoms with Crippen molar-refractivity contribution in [2.24, 2.45) is 0 Å². The Morgan fingerprint density at radius 1 is 0.941 bits per heavy atom. The zero-order chi connectivity index (χ0) is 23.2. The summed E-state index contributed by atoms with van der Waals surface area (Å²) in [6, 6.07) is 20.3. The molecule has 34 heavy (non-hydrogen) atoms. The number of methoxy groups -OCH3 is 1. The summed E-state index contributed by atoms with van der Waals surface area (Å²) < 4.78 is 13.3. The van der Waals surface area contributed by atoms with E-state index in [1.807, 2.05) is 36.4 Å². The van der Waals surface area contributed by atoms with Gasteiger partial charge in [0.25, 0.3) is 0 Å². The quantitative estimate of drug-likeness (QED) is 0.306. The Balaban J connectivity index is 1.33. The van der Waals surface area contributed by atoms with Crippen molar-refractivity contribution in [1.82, 2.24) is 24.8 Å². The molecule has 0 amide bonds. The van der Waals surface area contributed by atoms with Gasteiger partial charge in [-0.15, -0.1) is 10.2 Å². The summed E-state index contributed by atoms with van der Waals surface area (Å²) in [5.74, 6) is 3.21. The number of thioether (sulfide) groups is 1. The molecule has 0 spiro atoms. The van der Waals surface area contributed by atoms with E-state index in [1.54, 1.807) is 18.9 Å². The number of hydrogen-bond donors (Lipinski definition) is 0. The van der Waals surface area contributed by atoms with Gasteiger partial charge in [0.15, 0.2) is 5.16 Å². The van der Waals surface area contributed by atoms with E-state index in [-0.39, 0.29) is 0 Å². The average Bonchev–Trinajstić information content (AvgIpc) is 3.51. The number of likely N-dealkylation sites (tertiary alicyclic amines) is 1. The molecule has 7 nitrogen and oxygen atoms in total. The molecule has 0 bridgehead atoms. The number of hydrogen-bond acceptors (Lipinski definition) is 7. The second kappa shape index (κ2) is 10.9. The SMILES string of the molecule is COc1ccccc1-c1cc(CSc2nnc(CN3CCCCC3)n2Cc2ccccc2)on1. The van der Waals surface area contributed by atoms with Crippen LogP contribution in [0.4, 0.5) is 0 Å². The van der Waals surface area contributed by atoms with Crippen LogP contribution in [-0.4, -0.2) is 45.0 Å². The Morgan fingerprint density at radius 3 is 2.56 bits per heavy atom. The van der Waals surface area contributed by atoms with Crippen molar-refractivity contribution in [2.75, 3.05) is 20.2 Å². The minimum absolute atomic E-state index is 0.624. The number of aromatic nitrogens is 4. The zero-order valence-electron chi connectivity index (χ0n) is 19.4. The maximum atomic E-state index is 5.63. The van der Waals surface area contributed by atoms with Crippen LogP contribution >= 0.6 is 11.8 Å². The molecule has 1 aliphatic heterocycles. The van der Waals surface area contributed by atoms with Crippen LogP contribution in [-0.2, 0) is 18.8 Å². The number of piperidine rings is 1. The van der Waals surface area contributed by atoms with E-state index in [1.165, 1.54) is 24.8 Å². The number of ether oxygens (including phenoxy) is 1. The fourth-order valence-corrected chi connectivity index (χ4v) is 5.12. The molecule has 0 saturated carbocycles. The molecule has 1 fully saturated rings. The minimum Gasteiger partial charge on any atom is -0.496 e. The average molecular weight is 476 g/mol. The minimum atomic E-state index is 0.624. The second-order valence-electron chi connectivity index (χ2n) is 8.47. The van der Waals surface area contributed by atoms with Gasteiger partial charge < -0.3 is 13.8 Å². The Hall–Kier alpha value is -3.10.